The number of hydrogen-bond donors (Lipinski definition) is 1. The van der Waals surface area contributed by atoms with Crippen LogP contribution in [0.25, 0.3) is 0 Å². The van der Waals surface area contributed by atoms with Crippen LogP contribution in [0.2, 0.25) is 0 Å². The molecule has 0 saturated heterocycles. The summed E-state index contributed by atoms with van der Waals surface area (Å²) in [6.45, 7) is 2.22. The van der Waals surface area contributed by atoms with Crippen LogP contribution in [0.3, 0.4) is 0 Å². The van der Waals surface area contributed by atoms with E-state index in [1.165, 1.54) is 12.1 Å². The second-order valence-corrected chi connectivity index (χ2v) is 5.39. The zero-order valence-corrected chi connectivity index (χ0v) is 12.3. The Labute approximate surface area is 122 Å². The predicted molar refractivity (Wildman–Crippen MR) is 79.8 cm³/mol. The fraction of sp³-hybridized carbons (Fsp3) is 0.267. The van der Waals surface area contributed by atoms with Crippen LogP contribution in [0.5, 0.6) is 0 Å². The van der Waals surface area contributed by atoms with Crippen molar-refractivity contribution in [3.8, 4) is 11.8 Å². The standard InChI is InChI=1S/C15H16FN3S/c1-11-6-15(19(2)18-11)20-10-13-7-12(4-3-5-17)8-14(16)9-13/h6-9H,5,10,17H2,1-2H3. The molecular formula is C15H16FN3S. The van der Waals surface area contributed by atoms with E-state index < -0.39 is 0 Å². The Morgan fingerprint density at radius 3 is 2.80 bits per heavy atom. The Balaban J connectivity index is 2.13. The van der Waals surface area contributed by atoms with Crippen molar-refractivity contribution in [1.82, 2.24) is 9.78 Å². The lowest BCUT2D eigenvalue weighted by molar-refractivity contribution is 0.626. The molecule has 0 saturated carbocycles. The first kappa shape index (κ1) is 14.6. The van der Waals surface area contributed by atoms with Gasteiger partial charge in [0.2, 0.25) is 0 Å². The minimum Gasteiger partial charge on any atom is -0.320 e. The number of thioether (sulfide) groups is 1. The molecule has 0 aliphatic carbocycles. The quantitative estimate of drug-likeness (QED) is 0.697. The van der Waals surface area contributed by atoms with Gasteiger partial charge in [-0.1, -0.05) is 11.8 Å². The molecule has 20 heavy (non-hydrogen) atoms. The third kappa shape index (κ3) is 3.86. The molecule has 0 unspecified atom stereocenters. The highest BCUT2D eigenvalue weighted by Gasteiger charge is 2.05. The average molecular weight is 289 g/mol. The van der Waals surface area contributed by atoms with Crippen molar-refractivity contribution in [2.24, 2.45) is 12.8 Å². The van der Waals surface area contributed by atoms with Crippen LogP contribution in [0.15, 0.2) is 29.3 Å². The van der Waals surface area contributed by atoms with Gasteiger partial charge in [0.15, 0.2) is 0 Å². The van der Waals surface area contributed by atoms with Crippen LogP contribution in [0.1, 0.15) is 16.8 Å². The Kier molecular flexibility index (Phi) is 4.83. The lowest BCUT2D eigenvalue weighted by Crippen LogP contribution is -1.94. The molecule has 2 N–H and O–H groups in total. The number of nitrogens with zero attached hydrogens (tertiary/aromatic N) is 2. The molecule has 0 radical (unpaired) electrons. The van der Waals surface area contributed by atoms with Gasteiger partial charge in [0.1, 0.15) is 5.82 Å². The summed E-state index contributed by atoms with van der Waals surface area (Å²) in [6.07, 6.45) is 0. The molecule has 0 aliphatic heterocycles. The van der Waals surface area contributed by atoms with Gasteiger partial charge in [0.25, 0.3) is 0 Å². The van der Waals surface area contributed by atoms with Gasteiger partial charge < -0.3 is 5.73 Å². The molecule has 2 rings (SSSR count). The maximum Gasteiger partial charge on any atom is 0.124 e. The zero-order chi connectivity index (χ0) is 14.5. The normalized spacial score (nSPS) is 10.2. The van der Waals surface area contributed by atoms with Crippen molar-refractivity contribution in [1.29, 1.82) is 0 Å². The first-order valence-corrected chi connectivity index (χ1v) is 7.19. The highest BCUT2D eigenvalue weighted by atomic mass is 32.2. The topological polar surface area (TPSA) is 43.8 Å². The number of hydrogen-bond acceptors (Lipinski definition) is 3. The van der Waals surface area contributed by atoms with Crippen LogP contribution < -0.4 is 5.73 Å². The van der Waals surface area contributed by atoms with Crippen molar-refractivity contribution < 1.29 is 4.39 Å². The van der Waals surface area contributed by atoms with E-state index in [-0.39, 0.29) is 12.4 Å². The summed E-state index contributed by atoms with van der Waals surface area (Å²) in [5, 5.41) is 5.34. The number of halogens is 1. The maximum absolute atomic E-state index is 13.5. The van der Waals surface area contributed by atoms with Crippen LogP contribution >= 0.6 is 11.8 Å². The lowest BCUT2D eigenvalue weighted by atomic mass is 10.1. The van der Waals surface area contributed by atoms with Gasteiger partial charge in [-0.05, 0) is 36.8 Å². The number of benzene rings is 1. The fourth-order valence-corrected chi connectivity index (χ4v) is 2.80. The first-order chi connectivity index (χ1) is 9.58. The van der Waals surface area contributed by atoms with E-state index in [0.717, 1.165) is 16.3 Å². The number of nitrogens with two attached hydrogens (primary N) is 1. The molecular weight excluding hydrogens is 273 g/mol. The van der Waals surface area contributed by atoms with E-state index in [1.807, 2.05) is 30.8 Å². The summed E-state index contributed by atoms with van der Waals surface area (Å²) in [5.74, 6) is 5.99. The number of aryl methyl sites for hydroxylation is 2. The second-order valence-electron chi connectivity index (χ2n) is 4.39. The summed E-state index contributed by atoms with van der Waals surface area (Å²) in [5.41, 5.74) is 7.86. The largest absolute Gasteiger partial charge is 0.320 e. The molecule has 3 nitrogen and oxygen atoms in total. The van der Waals surface area contributed by atoms with E-state index in [9.17, 15) is 4.39 Å². The predicted octanol–water partition coefficient (Wildman–Crippen LogP) is 2.47. The van der Waals surface area contributed by atoms with Gasteiger partial charge in [-0.15, -0.1) is 11.8 Å². The molecule has 0 amide bonds. The van der Waals surface area contributed by atoms with Crippen LogP contribution in [-0.4, -0.2) is 16.3 Å². The van der Waals surface area contributed by atoms with Gasteiger partial charge in [-0.3, -0.25) is 4.68 Å². The van der Waals surface area contributed by atoms with E-state index in [0.29, 0.717) is 11.3 Å². The molecule has 0 spiro atoms. The van der Waals surface area contributed by atoms with Crippen molar-refractivity contribution in [3.63, 3.8) is 0 Å². The summed E-state index contributed by atoms with van der Waals surface area (Å²) in [7, 11) is 1.90. The first-order valence-electron chi connectivity index (χ1n) is 6.20. The van der Waals surface area contributed by atoms with Crippen LogP contribution in [0, 0.1) is 24.6 Å². The van der Waals surface area contributed by atoms with Gasteiger partial charge in [0.05, 0.1) is 17.3 Å². The highest BCUT2D eigenvalue weighted by Crippen LogP contribution is 2.23. The van der Waals surface area contributed by atoms with Crippen LogP contribution in [0.4, 0.5) is 4.39 Å². The minimum absolute atomic E-state index is 0.273. The lowest BCUT2D eigenvalue weighted by Gasteiger charge is -2.03. The highest BCUT2D eigenvalue weighted by molar-refractivity contribution is 7.98. The summed E-state index contributed by atoms with van der Waals surface area (Å²) in [6, 6.07) is 6.86. The van der Waals surface area contributed by atoms with E-state index in [4.69, 9.17) is 5.73 Å². The third-order valence-electron chi connectivity index (χ3n) is 2.64. The van der Waals surface area contributed by atoms with E-state index >= 15 is 0 Å². The summed E-state index contributed by atoms with van der Waals surface area (Å²) in [4.78, 5) is 0. The van der Waals surface area contributed by atoms with Crippen molar-refractivity contribution >= 4 is 11.8 Å². The van der Waals surface area contributed by atoms with Gasteiger partial charge in [-0.25, -0.2) is 4.39 Å². The third-order valence-corrected chi connectivity index (χ3v) is 3.79. The second kappa shape index (κ2) is 6.60. The Morgan fingerprint density at radius 2 is 2.15 bits per heavy atom. The monoisotopic (exact) mass is 289 g/mol. The van der Waals surface area contributed by atoms with Crippen LogP contribution in [-0.2, 0) is 12.8 Å². The Bertz CT molecular complexity index is 667. The number of rotatable bonds is 3. The smallest absolute Gasteiger partial charge is 0.124 e. The van der Waals surface area contributed by atoms with Crippen molar-refractivity contribution in [2.45, 2.75) is 17.7 Å². The van der Waals surface area contributed by atoms with Gasteiger partial charge >= 0.3 is 0 Å². The molecule has 1 aromatic heterocycles. The van der Waals surface area contributed by atoms with Crippen molar-refractivity contribution in [2.75, 3.05) is 6.54 Å². The fourth-order valence-electron chi connectivity index (χ4n) is 1.84. The minimum atomic E-state index is -0.273. The average Bonchev–Trinajstić information content (AvgIpc) is 2.72. The van der Waals surface area contributed by atoms with Gasteiger partial charge in [-0.2, -0.15) is 5.10 Å². The molecule has 0 bridgehead atoms. The molecule has 104 valence electrons. The molecule has 0 fully saturated rings. The van der Waals surface area contributed by atoms with Crippen molar-refractivity contribution in [3.05, 3.63) is 46.9 Å². The summed E-state index contributed by atoms with van der Waals surface area (Å²) < 4.78 is 15.4. The Morgan fingerprint density at radius 1 is 1.35 bits per heavy atom. The molecule has 1 heterocycles. The molecule has 0 aliphatic rings. The zero-order valence-electron chi connectivity index (χ0n) is 11.5. The summed E-state index contributed by atoms with van der Waals surface area (Å²) >= 11 is 1.62. The molecule has 1 aromatic carbocycles. The molecule has 0 atom stereocenters. The number of aromatic nitrogens is 2. The van der Waals surface area contributed by atoms with E-state index in [2.05, 4.69) is 16.9 Å². The van der Waals surface area contributed by atoms with E-state index in [1.54, 1.807) is 11.8 Å². The molecule has 2 aromatic rings. The SMILES string of the molecule is Cc1cc(SCc2cc(F)cc(C#CCN)c2)n(C)n1. The Hall–Kier alpha value is -1.77. The molecule has 5 heteroatoms. The maximum atomic E-state index is 13.5. The van der Waals surface area contributed by atoms with Gasteiger partial charge in [0, 0.05) is 18.4 Å².